The highest BCUT2D eigenvalue weighted by molar-refractivity contribution is 7.90. The molecule has 0 aromatic heterocycles. The molecule has 3 rings (SSSR count). The van der Waals surface area contributed by atoms with E-state index in [9.17, 15) is 8.42 Å². The standard InChI is InChI=1S/C15H21ClN2O2S/c1-12-6-8-15(9-7-12)10-11-18(15)21(19,20)17-14-4-2-13(16)3-5-14/h2-5,12,17H,6-11H2,1H3. The Hall–Kier alpha value is -0.780. The van der Waals surface area contributed by atoms with Gasteiger partial charge in [0.2, 0.25) is 0 Å². The average molecular weight is 329 g/mol. The molecule has 0 radical (unpaired) electrons. The van der Waals surface area contributed by atoms with Crippen molar-refractivity contribution < 1.29 is 8.42 Å². The fourth-order valence-corrected chi connectivity index (χ4v) is 5.20. The Labute approximate surface area is 131 Å². The zero-order valence-corrected chi connectivity index (χ0v) is 13.8. The summed E-state index contributed by atoms with van der Waals surface area (Å²) >= 11 is 5.83. The van der Waals surface area contributed by atoms with E-state index >= 15 is 0 Å². The van der Waals surface area contributed by atoms with Crippen LogP contribution < -0.4 is 4.72 Å². The lowest BCUT2D eigenvalue weighted by Crippen LogP contribution is -2.64. The molecule has 1 saturated carbocycles. The number of hydrogen-bond acceptors (Lipinski definition) is 2. The highest BCUT2D eigenvalue weighted by atomic mass is 35.5. The summed E-state index contributed by atoms with van der Waals surface area (Å²) in [5, 5.41) is 0.597. The first kappa shape index (κ1) is 15.1. The van der Waals surface area contributed by atoms with E-state index in [1.54, 1.807) is 28.6 Å². The maximum atomic E-state index is 12.6. The summed E-state index contributed by atoms with van der Waals surface area (Å²) in [6.07, 6.45) is 5.19. The Bertz CT molecular complexity index is 607. The maximum Gasteiger partial charge on any atom is 0.302 e. The van der Waals surface area contributed by atoms with Crippen LogP contribution in [0.3, 0.4) is 0 Å². The number of anilines is 1. The highest BCUT2D eigenvalue weighted by Gasteiger charge is 2.51. The van der Waals surface area contributed by atoms with E-state index < -0.39 is 10.2 Å². The number of nitrogens with one attached hydrogen (secondary N) is 1. The first-order chi connectivity index (χ1) is 9.91. The average Bonchev–Trinajstić information content (AvgIpc) is 2.40. The van der Waals surface area contributed by atoms with Crippen molar-refractivity contribution in [3.05, 3.63) is 29.3 Å². The van der Waals surface area contributed by atoms with Crippen LogP contribution >= 0.6 is 11.6 Å². The fraction of sp³-hybridized carbons (Fsp3) is 0.600. The largest absolute Gasteiger partial charge is 0.302 e. The molecule has 1 saturated heterocycles. The third-order valence-corrected chi connectivity index (χ3v) is 6.79. The molecule has 1 heterocycles. The van der Waals surface area contributed by atoms with Gasteiger partial charge in [0.05, 0.1) is 0 Å². The van der Waals surface area contributed by atoms with Gasteiger partial charge in [0.1, 0.15) is 0 Å². The molecule has 0 amide bonds. The van der Waals surface area contributed by atoms with Gasteiger partial charge in [-0.05, 0) is 62.3 Å². The van der Waals surface area contributed by atoms with Gasteiger partial charge >= 0.3 is 10.2 Å². The lowest BCUT2D eigenvalue weighted by molar-refractivity contribution is 0.0217. The van der Waals surface area contributed by atoms with Crippen LogP contribution in [0.2, 0.25) is 5.02 Å². The van der Waals surface area contributed by atoms with Crippen LogP contribution in [-0.4, -0.2) is 24.8 Å². The SMILES string of the molecule is CC1CCC2(CC1)CCN2S(=O)(=O)Nc1ccc(Cl)cc1. The Balaban J connectivity index is 1.74. The van der Waals surface area contributed by atoms with Crippen molar-refractivity contribution >= 4 is 27.5 Å². The Morgan fingerprint density at radius 1 is 1.19 bits per heavy atom. The van der Waals surface area contributed by atoms with Crippen molar-refractivity contribution in [2.24, 2.45) is 5.92 Å². The van der Waals surface area contributed by atoms with E-state index in [1.165, 1.54) is 0 Å². The summed E-state index contributed by atoms with van der Waals surface area (Å²) in [7, 11) is -3.47. The van der Waals surface area contributed by atoms with Gasteiger partial charge in [-0.3, -0.25) is 4.72 Å². The monoisotopic (exact) mass is 328 g/mol. The first-order valence-electron chi connectivity index (χ1n) is 7.47. The van der Waals surface area contributed by atoms with Crippen molar-refractivity contribution in [1.29, 1.82) is 0 Å². The molecule has 1 spiro atoms. The van der Waals surface area contributed by atoms with E-state index in [0.717, 1.165) is 32.1 Å². The Kier molecular flexibility index (Phi) is 3.93. The van der Waals surface area contributed by atoms with Crippen molar-refractivity contribution in [3.63, 3.8) is 0 Å². The van der Waals surface area contributed by atoms with Crippen LogP contribution in [-0.2, 0) is 10.2 Å². The zero-order chi connectivity index (χ0) is 15.1. The second kappa shape index (κ2) is 5.45. The minimum atomic E-state index is -3.47. The number of rotatable bonds is 3. The van der Waals surface area contributed by atoms with Crippen molar-refractivity contribution in [1.82, 2.24) is 4.31 Å². The van der Waals surface area contributed by atoms with Gasteiger partial charge in [-0.15, -0.1) is 0 Å². The molecule has 4 nitrogen and oxygen atoms in total. The molecule has 1 N–H and O–H groups in total. The third kappa shape index (κ3) is 2.91. The quantitative estimate of drug-likeness (QED) is 0.920. The van der Waals surface area contributed by atoms with Gasteiger partial charge in [0.15, 0.2) is 0 Å². The molecular weight excluding hydrogens is 308 g/mol. The normalized spacial score (nSPS) is 30.1. The second-order valence-corrected chi connectivity index (χ2v) is 8.37. The molecule has 0 atom stereocenters. The summed E-state index contributed by atoms with van der Waals surface area (Å²) in [5.41, 5.74) is 0.427. The number of benzene rings is 1. The summed E-state index contributed by atoms with van der Waals surface area (Å²) in [4.78, 5) is 0. The third-order valence-electron chi connectivity index (χ3n) is 4.90. The summed E-state index contributed by atoms with van der Waals surface area (Å²) in [6.45, 7) is 2.87. The first-order valence-corrected chi connectivity index (χ1v) is 9.29. The smallest absolute Gasteiger partial charge is 0.271 e. The molecule has 1 aliphatic carbocycles. The Morgan fingerprint density at radius 2 is 1.81 bits per heavy atom. The lowest BCUT2D eigenvalue weighted by Gasteiger charge is -2.54. The van der Waals surface area contributed by atoms with Crippen molar-refractivity contribution in [2.75, 3.05) is 11.3 Å². The summed E-state index contributed by atoms with van der Waals surface area (Å²) < 4.78 is 29.5. The maximum absolute atomic E-state index is 12.6. The van der Waals surface area contributed by atoms with Crippen LogP contribution in [0.4, 0.5) is 5.69 Å². The number of hydrogen-bond donors (Lipinski definition) is 1. The molecule has 0 unspecified atom stereocenters. The summed E-state index contributed by atoms with van der Waals surface area (Å²) in [5.74, 6) is 0.713. The van der Waals surface area contributed by atoms with Crippen LogP contribution in [0.25, 0.3) is 0 Å². The van der Waals surface area contributed by atoms with E-state index in [1.807, 2.05) is 0 Å². The fourth-order valence-electron chi connectivity index (χ4n) is 3.42. The predicted molar refractivity (Wildman–Crippen MR) is 85.7 cm³/mol. The molecule has 2 fully saturated rings. The topological polar surface area (TPSA) is 49.4 Å². The predicted octanol–water partition coefficient (Wildman–Crippen LogP) is 3.65. The van der Waals surface area contributed by atoms with Crippen molar-refractivity contribution in [3.8, 4) is 0 Å². The van der Waals surface area contributed by atoms with E-state index in [-0.39, 0.29) is 5.54 Å². The van der Waals surface area contributed by atoms with Crippen LogP contribution in [0.5, 0.6) is 0 Å². The van der Waals surface area contributed by atoms with E-state index in [2.05, 4.69) is 11.6 Å². The molecule has 1 aliphatic heterocycles. The van der Waals surface area contributed by atoms with Gasteiger partial charge < -0.3 is 0 Å². The Morgan fingerprint density at radius 3 is 2.33 bits per heavy atom. The molecule has 6 heteroatoms. The number of halogens is 1. The molecule has 0 bridgehead atoms. The minimum Gasteiger partial charge on any atom is -0.271 e. The van der Waals surface area contributed by atoms with Gasteiger partial charge in [0.25, 0.3) is 0 Å². The molecule has 21 heavy (non-hydrogen) atoms. The van der Waals surface area contributed by atoms with Crippen LogP contribution in [0.1, 0.15) is 39.0 Å². The van der Waals surface area contributed by atoms with Gasteiger partial charge in [-0.25, -0.2) is 0 Å². The van der Waals surface area contributed by atoms with Crippen LogP contribution in [0, 0.1) is 5.92 Å². The molecule has 1 aromatic rings. The zero-order valence-electron chi connectivity index (χ0n) is 12.2. The summed E-state index contributed by atoms with van der Waals surface area (Å²) in [6, 6.07) is 6.76. The van der Waals surface area contributed by atoms with Gasteiger partial charge in [0, 0.05) is 22.8 Å². The highest BCUT2D eigenvalue weighted by Crippen LogP contribution is 2.46. The number of nitrogens with zero attached hydrogens (tertiary/aromatic N) is 1. The molecule has 2 aliphatic rings. The lowest BCUT2D eigenvalue weighted by atomic mass is 9.71. The molecule has 1 aromatic carbocycles. The second-order valence-electron chi connectivity index (χ2n) is 6.34. The molecule has 116 valence electrons. The van der Waals surface area contributed by atoms with Gasteiger partial charge in [-0.1, -0.05) is 18.5 Å². The van der Waals surface area contributed by atoms with Crippen LogP contribution in [0.15, 0.2) is 24.3 Å². The van der Waals surface area contributed by atoms with E-state index in [4.69, 9.17) is 11.6 Å². The molecular formula is C15H21ClN2O2S. The van der Waals surface area contributed by atoms with Gasteiger partial charge in [-0.2, -0.15) is 12.7 Å². The minimum absolute atomic E-state index is 0.134. The van der Waals surface area contributed by atoms with Crippen molar-refractivity contribution in [2.45, 2.75) is 44.6 Å². The van der Waals surface area contributed by atoms with E-state index in [0.29, 0.717) is 23.2 Å².